The number of rotatable bonds is 6. The molecule has 1 aliphatic heterocycles. The van der Waals surface area contributed by atoms with Crippen LogP contribution in [0.4, 0.5) is 10.1 Å². The Hall–Kier alpha value is -1.87. The monoisotopic (exact) mass is 498 g/mol. The molecule has 0 unspecified atom stereocenters. The lowest BCUT2D eigenvalue weighted by atomic mass is 10.1. The fraction of sp³-hybridized carbons (Fsp3) is 0.381. The van der Waals surface area contributed by atoms with Gasteiger partial charge in [-0.2, -0.15) is 0 Å². The van der Waals surface area contributed by atoms with Gasteiger partial charge in [0.05, 0.1) is 13.2 Å². The maximum atomic E-state index is 13.1. The molecule has 28 heavy (non-hydrogen) atoms. The molecule has 1 aliphatic rings. The third-order valence-corrected chi connectivity index (χ3v) is 4.79. The molecule has 5 nitrogen and oxygen atoms in total. The Balaban J connectivity index is 0.00000280. The highest BCUT2D eigenvalue weighted by molar-refractivity contribution is 14.0. The van der Waals surface area contributed by atoms with Crippen LogP contribution in [0.3, 0.4) is 0 Å². The van der Waals surface area contributed by atoms with Crippen LogP contribution in [0.15, 0.2) is 53.5 Å². The Kier molecular flexibility index (Phi) is 8.98. The molecule has 1 heterocycles. The highest BCUT2D eigenvalue weighted by Gasteiger charge is 2.18. The Morgan fingerprint density at radius 1 is 1.04 bits per heavy atom. The van der Waals surface area contributed by atoms with Crippen molar-refractivity contribution in [2.24, 2.45) is 10.7 Å². The summed E-state index contributed by atoms with van der Waals surface area (Å²) in [6.45, 7) is 7.10. The van der Waals surface area contributed by atoms with E-state index >= 15 is 0 Å². The predicted molar refractivity (Wildman–Crippen MR) is 123 cm³/mol. The molecular weight excluding hydrogens is 470 g/mol. The zero-order chi connectivity index (χ0) is 19.1. The highest BCUT2D eigenvalue weighted by Crippen LogP contribution is 2.17. The number of anilines is 1. The smallest absolute Gasteiger partial charge is 0.191 e. The van der Waals surface area contributed by atoms with Gasteiger partial charge in [-0.25, -0.2) is 9.38 Å². The Morgan fingerprint density at radius 3 is 2.32 bits per heavy atom. The second kappa shape index (κ2) is 11.2. The van der Waals surface area contributed by atoms with Crippen molar-refractivity contribution in [3.8, 4) is 0 Å². The van der Waals surface area contributed by atoms with Crippen molar-refractivity contribution in [3.63, 3.8) is 0 Å². The molecule has 7 heteroatoms. The van der Waals surface area contributed by atoms with Gasteiger partial charge in [0.2, 0.25) is 0 Å². The van der Waals surface area contributed by atoms with E-state index in [0.29, 0.717) is 25.7 Å². The summed E-state index contributed by atoms with van der Waals surface area (Å²) in [5.74, 6) is 0.360. The van der Waals surface area contributed by atoms with Gasteiger partial charge >= 0.3 is 0 Å². The summed E-state index contributed by atoms with van der Waals surface area (Å²) >= 11 is 0. The summed E-state index contributed by atoms with van der Waals surface area (Å²) in [4.78, 5) is 8.93. The lowest BCUT2D eigenvalue weighted by molar-refractivity contribution is 0.133. The second-order valence-electron chi connectivity index (χ2n) is 6.53. The minimum atomic E-state index is -0.210. The highest BCUT2D eigenvalue weighted by atomic mass is 127. The Bertz CT molecular complexity index is 761. The molecule has 0 amide bonds. The van der Waals surface area contributed by atoms with Crippen LogP contribution >= 0.6 is 24.0 Å². The number of nitrogens with two attached hydrogens (primary N) is 1. The van der Waals surface area contributed by atoms with Crippen molar-refractivity contribution in [2.45, 2.75) is 20.1 Å². The number of piperazine rings is 1. The van der Waals surface area contributed by atoms with Gasteiger partial charge in [0, 0.05) is 38.5 Å². The number of guanidine groups is 1. The summed E-state index contributed by atoms with van der Waals surface area (Å²) in [6, 6.07) is 14.8. The van der Waals surface area contributed by atoms with Crippen molar-refractivity contribution in [3.05, 3.63) is 65.5 Å². The van der Waals surface area contributed by atoms with E-state index < -0.39 is 0 Å². The molecule has 0 spiro atoms. The van der Waals surface area contributed by atoms with Crippen molar-refractivity contribution < 1.29 is 9.13 Å². The molecule has 152 valence electrons. The largest absolute Gasteiger partial charge is 0.377 e. The molecule has 0 aliphatic carbocycles. The second-order valence-corrected chi connectivity index (χ2v) is 6.53. The topological polar surface area (TPSA) is 54.1 Å². The maximum Gasteiger partial charge on any atom is 0.191 e. The fourth-order valence-corrected chi connectivity index (χ4v) is 3.18. The van der Waals surface area contributed by atoms with E-state index in [9.17, 15) is 4.39 Å². The van der Waals surface area contributed by atoms with Gasteiger partial charge in [-0.1, -0.05) is 24.3 Å². The van der Waals surface area contributed by atoms with Gasteiger partial charge in [0.1, 0.15) is 5.82 Å². The average Bonchev–Trinajstić information content (AvgIpc) is 2.72. The molecule has 1 saturated heterocycles. The fourth-order valence-electron chi connectivity index (χ4n) is 3.18. The Labute approximate surface area is 183 Å². The van der Waals surface area contributed by atoms with Gasteiger partial charge in [0.25, 0.3) is 0 Å². The average molecular weight is 498 g/mol. The Morgan fingerprint density at radius 2 is 1.68 bits per heavy atom. The molecule has 1 fully saturated rings. The molecule has 0 bridgehead atoms. The number of aliphatic imine (C=N–C) groups is 1. The van der Waals surface area contributed by atoms with Crippen LogP contribution in [0.5, 0.6) is 0 Å². The van der Waals surface area contributed by atoms with Gasteiger partial charge in [-0.05, 0) is 42.3 Å². The van der Waals surface area contributed by atoms with Crippen LogP contribution in [0.25, 0.3) is 0 Å². The molecule has 0 aromatic heterocycles. The summed E-state index contributed by atoms with van der Waals surface area (Å²) in [5.41, 5.74) is 9.55. The van der Waals surface area contributed by atoms with E-state index in [1.54, 1.807) is 0 Å². The third-order valence-electron chi connectivity index (χ3n) is 4.79. The number of nitrogens with zero attached hydrogens (tertiary/aromatic N) is 3. The first-order valence-electron chi connectivity index (χ1n) is 9.37. The van der Waals surface area contributed by atoms with E-state index in [0.717, 1.165) is 43.0 Å². The molecule has 3 rings (SSSR count). The van der Waals surface area contributed by atoms with Crippen LogP contribution in [-0.4, -0.2) is 43.6 Å². The quantitative estimate of drug-likeness (QED) is 0.376. The SMILES string of the molecule is CCOCc1ccccc1CN=C(N)N1CCN(c2ccc(F)cc2)CC1.I. The van der Waals surface area contributed by atoms with Gasteiger partial charge in [-0.15, -0.1) is 24.0 Å². The predicted octanol–water partition coefficient (Wildman–Crippen LogP) is 3.62. The normalized spacial score (nSPS) is 14.7. The number of benzene rings is 2. The first-order chi connectivity index (χ1) is 13.2. The molecular formula is C21H28FIN4O. The van der Waals surface area contributed by atoms with Gasteiger partial charge in [-0.3, -0.25) is 0 Å². The van der Waals surface area contributed by atoms with E-state index in [1.807, 2.05) is 31.2 Å². The first-order valence-corrected chi connectivity index (χ1v) is 9.37. The molecule has 0 atom stereocenters. The lowest BCUT2D eigenvalue weighted by Crippen LogP contribution is -2.51. The van der Waals surface area contributed by atoms with Crippen molar-refractivity contribution in [1.82, 2.24) is 4.90 Å². The van der Waals surface area contributed by atoms with Crippen LogP contribution in [-0.2, 0) is 17.9 Å². The first kappa shape index (κ1) is 22.4. The maximum absolute atomic E-state index is 13.1. The van der Waals surface area contributed by atoms with Gasteiger partial charge in [0.15, 0.2) is 5.96 Å². The van der Waals surface area contributed by atoms with E-state index in [4.69, 9.17) is 10.5 Å². The summed E-state index contributed by atoms with van der Waals surface area (Å²) in [5, 5.41) is 0. The van der Waals surface area contributed by atoms with Crippen LogP contribution < -0.4 is 10.6 Å². The van der Waals surface area contributed by atoms with Crippen LogP contribution in [0, 0.1) is 5.82 Å². The van der Waals surface area contributed by atoms with Crippen LogP contribution in [0.1, 0.15) is 18.1 Å². The molecule has 2 aromatic rings. The zero-order valence-corrected chi connectivity index (χ0v) is 18.5. The standard InChI is InChI=1S/C21H27FN4O.HI/c1-2-27-16-18-6-4-3-5-17(18)15-24-21(23)26-13-11-25(12-14-26)20-9-7-19(22)8-10-20;/h3-10H,2,11-16H2,1H3,(H2,23,24);1H. The molecule has 2 aromatic carbocycles. The molecule has 0 radical (unpaired) electrons. The molecule has 2 N–H and O–H groups in total. The number of ether oxygens (including phenoxy) is 1. The summed E-state index contributed by atoms with van der Waals surface area (Å²) in [6.07, 6.45) is 0. The van der Waals surface area contributed by atoms with Crippen molar-refractivity contribution in [1.29, 1.82) is 0 Å². The zero-order valence-electron chi connectivity index (χ0n) is 16.2. The summed E-state index contributed by atoms with van der Waals surface area (Å²) in [7, 11) is 0. The summed E-state index contributed by atoms with van der Waals surface area (Å²) < 4.78 is 18.6. The number of halogens is 2. The van der Waals surface area contributed by atoms with Crippen LogP contribution in [0.2, 0.25) is 0 Å². The minimum Gasteiger partial charge on any atom is -0.377 e. The lowest BCUT2D eigenvalue weighted by Gasteiger charge is -2.36. The van der Waals surface area contributed by atoms with E-state index in [1.165, 1.54) is 12.1 Å². The molecule has 0 saturated carbocycles. The van der Waals surface area contributed by atoms with E-state index in [-0.39, 0.29) is 29.8 Å². The number of hydrogen-bond acceptors (Lipinski definition) is 3. The minimum absolute atomic E-state index is 0. The van der Waals surface area contributed by atoms with Crippen molar-refractivity contribution >= 4 is 35.6 Å². The number of hydrogen-bond donors (Lipinski definition) is 1. The van der Waals surface area contributed by atoms with Crippen molar-refractivity contribution in [2.75, 3.05) is 37.7 Å². The third kappa shape index (κ3) is 6.07. The van der Waals surface area contributed by atoms with E-state index in [2.05, 4.69) is 26.9 Å². The van der Waals surface area contributed by atoms with Gasteiger partial charge < -0.3 is 20.3 Å².